The van der Waals surface area contributed by atoms with Gasteiger partial charge in [0.2, 0.25) is 0 Å². The molecule has 1 fully saturated rings. The molecule has 4 heteroatoms. The molecule has 3 nitrogen and oxygen atoms in total. The molecule has 15 heavy (non-hydrogen) atoms. The molecule has 2 N–H and O–H groups in total. The minimum absolute atomic E-state index is 0.0188. The first-order valence-corrected chi connectivity index (χ1v) is 6.25. The van der Waals surface area contributed by atoms with Crippen molar-refractivity contribution in [3.8, 4) is 0 Å². The molecule has 0 saturated heterocycles. The molecule has 1 saturated carbocycles. The Morgan fingerprint density at radius 2 is 2.13 bits per heavy atom. The first kappa shape index (κ1) is 12.8. The fourth-order valence-corrected chi connectivity index (χ4v) is 2.46. The number of thiol groups is 1. The minimum Gasteiger partial charge on any atom is -0.481 e. The standard InChI is InChI=1S/C11H21NO2S/c1-11(8-10(13)14)4-2-9(3-5-11)12-6-7-15/h9,12,15H,2-8H2,1H3,(H,13,14). The fourth-order valence-electron chi connectivity index (χ4n) is 2.33. The largest absolute Gasteiger partial charge is 0.481 e. The number of carbonyl (C=O) groups is 1. The zero-order valence-electron chi connectivity index (χ0n) is 9.33. The van der Waals surface area contributed by atoms with Gasteiger partial charge in [0.05, 0.1) is 6.42 Å². The highest BCUT2D eigenvalue weighted by Gasteiger charge is 2.32. The van der Waals surface area contributed by atoms with Crippen LogP contribution < -0.4 is 5.32 Å². The van der Waals surface area contributed by atoms with Gasteiger partial charge in [-0.1, -0.05) is 6.92 Å². The van der Waals surface area contributed by atoms with Crippen LogP contribution in [-0.2, 0) is 4.79 Å². The molecule has 0 amide bonds. The van der Waals surface area contributed by atoms with Crippen molar-refractivity contribution in [2.24, 2.45) is 5.41 Å². The summed E-state index contributed by atoms with van der Waals surface area (Å²) in [5.41, 5.74) is 0.0188. The summed E-state index contributed by atoms with van der Waals surface area (Å²) in [6.07, 6.45) is 4.54. The number of carboxylic acids is 1. The van der Waals surface area contributed by atoms with Crippen LogP contribution in [0.1, 0.15) is 39.0 Å². The maximum atomic E-state index is 10.7. The second kappa shape index (κ2) is 5.75. The van der Waals surface area contributed by atoms with E-state index in [0.717, 1.165) is 38.0 Å². The van der Waals surface area contributed by atoms with Gasteiger partial charge in [0.1, 0.15) is 0 Å². The maximum absolute atomic E-state index is 10.7. The van der Waals surface area contributed by atoms with Crippen molar-refractivity contribution < 1.29 is 9.90 Å². The monoisotopic (exact) mass is 231 g/mol. The molecule has 1 aliphatic rings. The Kier molecular flexibility index (Phi) is 4.93. The maximum Gasteiger partial charge on any atom is 0.303 e. The van der Waals surface area contributed by atoms with E-state index in [2.05, 4.69) is 24.9 Å². The molecule has 0 aromatic heterocycles. The molecule has 88 valence electrons. The molecular formula is C11H21NO2S. The van der Waals surface area contributed by atoms with Crippen LogP contribution in [-0.4, -0.2) is 29.4 Å². The Hall–Kier alpha value is -0.220. The van der Waals surface area contributed by atoms with Crippen LogP contribution >= 0.6 is 12.6 Å². The molecule has 0 aromatic rings. The zero-order chi connectivity index (χ0) is 11.3. The number of carboxylic acid groups (broad SMARTS) is 1. The van der Waals surface area contributed by atoms with E-state index in [1.165, 1.54) is 0 Å². The van der Waals surface area contributed by atoms with E-state index in [-0.39, 0.29) is 5.41 Å². The Balaban J connectivity index is 2.30. The van der Waals surface area contributed by atoms with Gasteiger partial charge in [0.15, 0.2) is 0 Å². The van der Waals surface area contributed by atoms with Crippen molar-refractivity contribution in [3.63, 3.8) is 0 Å². The first-order chi connectivity index (χ1) is 7.06. The Morgan fingerprint density at radius 1 is 1.53 bits per heavy atom. The van der Waals surface area contributed by atoms with Crippen molar-refractivity contribution in [2.75, 3.05) is 12.3 Å². The fraction of sp³-hybridized carbons (Fsp3) is 0.909. The van der Waals surface area contributed by atoms with Gasteiger partial charge in [-0.25, -0.2) is 0 Å². The van der Waals surface area contributed by atoms with Crippen LogP contribution in [0.3, 0.4) is 0 Å². The highest BCUT2D eigenvalue weighted by molar-refractivity contribution is 7.80. The van der Waals surface area contributed by atoms with E-state index >= 15 is 0 Å². The van der Waals surface area contributed by atoms with Gasteiger partial charge < -0.3 is 10.4 Å². The lowest BCUT2D eigenvalue weighted by Gasteiger charge is -2.36. The highest BCUT2D eigenvalue weighted by Crippen LogP contribution is 2.38. The van der Waals surface area contributed by atoms with Gasteiger partial charge >= 0.3 is 5.97 Å². The van der Waals surface area contributed by atoms with Crippen LogP contribution in [0.25, 0.3) is 0 Å². The molecule has 0 radical (unpaired) electrons. The SMILES string of the molecule is CC1(CC(=O)O)CCC(NCCS)CC1. The van der Waals surface area contributed by atoms with Crippen molar-refractivity contribution in [3.05, 3.63) is 0 Å². The van der Waals surface area contributed by atoms with Gasteiger partial charge in [0.25, 0.3) is 0 Å². The van der Waals surface area contributed by atoms with E-state index in [4.69, 9.17) is 5.11 Å². The zero-order valence-corrected chi connectivity index (χ0v) is 10.2. The summed E-state index contributed by atoms with van der Waals surface area (Å²) in [4.78, 5) is 10.7. The molecule has 0 bridgehead atoms. The minimum atomic E-state index is -0.667. The topological polar surface area (TPSA) is 49.3 Å². The average Bonchev–Trinajstić information content (AvgIpc) is 2.15. The second-order valence-corrected chi connectivity index (χ2v) is 5.28. The molecular weight excluding hydrogens is 210 g/mol. The summed E-state index contributed by atoms with van der Waals surface area (Å²) in [5, 5.41) is 12.3. The third-order valence-corrected chi connectivity index (χ3v) is 3.54. The van der Waals surface area contributed by atoms with Crippen LogP contribution in [0.5, 0.6) is 0 Å². The highest BCUT2D eigenvalue weighted by atomic mass is 32.1. The van der Waals surface area contributed by atoms with Crippen LogP contribution in [0.2, 0.25) is 0 Å². The lowest BCUT2D eigenvalue weighted by molar-refractivity contribution is -0.140. The third-order valence-electron chi connectivity index (χ3n) is 3.32. The number of nitrogens with one attached hydrogen (secondary N) is 1. The summed E-state index contributed by atoms with van der Waals surface area (Å²) in [6.45, 7) is 3.04. The molecule has 0 aliphatic heterocycles. The van der Waals surface area contributed by atoms with E-state index < -0.39 is 5.97 Å². The number of hydrogen-bond acceptors (Lipinski definition) is 3. The Labute approximate surface area is 97.0 Å². The van der Waals surface area contributed by atoms with Crippen molar-refractivity contribution in [2.45, 2.75) is 45.1 Å². The summed E-state index contributed by atoms with van der Waals surface area (Å²) >= 11 is 4.16. The van der Waals surface area contributed by atoms with Gasteiger partial charge in [-0.3, -0.25) is 4.79 Å². The summed E-state index contributed by atoms with van der Waals surface area (Å²) < 4.78 is 0. The predicted octanol–water partition coefficient (Wildman–Crippen LogP) is 1.93. The predicted molar refractivity (Wildman–Crippen MR) is 64.5 cm³/mol. The lowest BCUT2D eigenvalue weighted by atomic mass is 9.72. The average molecular weight is 231 g/mol. The molecule has 0 aromatic carbocycles. The van der Waals surface area contributed by atoms with Gasteiger partial charge in [-0.2, -0.15) is 12.6 Å². The van der Waals surface area contributed by atoms with E-state index in [9.17, 15) is 4.79 Å². The molecule has 0 spiro atoms. The normalized spacial score (nSPS) is 31.5. The van der Waals surface area contributed by atoms with E-state index in [1.807, 2.05) is 0 Å². The van der Waals surface area contributed by atoms with Crippen molar-refractivity contribution in [1.82, 2.24) is 5.32 Å². The number of aliphatic carboxylic acids is 1. The first-order valence-electron chi connectivity index (χ1n) is 5.62. The van der Waals surface area contributed by atoms with E-state index in [1.54, 1.807) is 0 Å². The molecule has 1 rings (SSSR count). The summed E-state index contributed by atoms with van der Waals surface area (Å²) in [7, 11) is 0. The van der Waals surface area contributed by atoms with Gasteiger partial charge in [-0.15, -0.1) is 0 Å². The molecule has 0 unspecified atom stereocenters. The smallest absolute Gasteiger partial charge is 0.303 e. The quantitative estimate of drug-likeness (QED) is 0.634. The molecule has 1 aliphatic carbocycles. The second-order valence-electron chi connectivity index (χ2n) is 4.83. The van der Waals surface area contributed by atoms with Crippen LogP contribution in [0, 0.1) is 5.41 Å². The van der Waals surface area contributed by atoms with Crippen molar-refractivity contribution in [1.29, 1.82) is 0 Å². The summed E-state index contributed by atoms with van der Waals surface area (Å²) in [5.74, 6) is 0.197. The lowest BCUT2D eigenvalue weighted by Crippen LogP contribution is -2.38. The van der Waals surface area contributed by atoms with Crippen molar-refractivity contribution >= 4 is 18.6 Å². The molecule has 0 heterocycles. The van der Waals surface area contributed by atoms with E-state index in [0.29, 0.717) is 12.5 Å². The Bertz CT molecular complexity index is 213. The molecule has 0 atom stereocenters. The van der Waals surface area contributed by atoms with Crippen LogP contribution in [0.4, 0.5) is 0 Å². The number of rotatable bonds is 5. The van der Waals surface area contributed by atoms with Gasteiger partial charge in [0, 0.05) is 18.3 Å². The summed E-state index contributed by atoms with van der Waals surface area (Å²) in [6, 6.07) is 0.569. The Morgan fingerprint density at radius 3 is 2.60 bits per heavy atom. The number of hydrogen-bond donors (Lipinski definition) is 3. The van der Waals surface area contributed by atoms with Gasteiger partial charge in [-0.05, 0) is 31.1 Å². The van der Waals surface area contributed by atoms with Crippen LogP contribution in [0.15, 0.2) is 0 Å². The third kappa shape index (κ3) is 4.43.